The molecule has 0 aliphatic carbocycles. The zero-order valence-electron chi connectivity index (χ0n) is 14.6. The van der Waals surface area contributed by atoms with Crippen molar-refractivity contribution in [2.75, 3.05) is 24.7 Å². The number of hydrogen-bond acceptors (Lipinski definition) is 5. The Morgan fingerprint density at radius 2 is 1.81 bits per heavy atom. The topological polar surface area (TPSA) is 66.5 Å². The molecule has 0 spiro atoms. The SMILES string of the molecule is CSc1ccc(NC(=O)Cc2ccc(S(=O)(=O)N3CCCCC3)s2)cc1. The second-order valence-electron chi connectivity index (χ2n) is 6.14. The Labute approximate surface area is 162 Å². The van der Waals surface area contributed by atoms with Crippen molar-refractivity contribution in [2.45, 2.75) is 34.8 Å². The van der Waals surface area contributed by atoms with Crippen LogP contribution < -0.4 is 5.32 Å². The second kappa shape index (κ2) is 8.56. The Morgan fingerprint density at radius 1 is 1.12 bits per heavy atom. The maximum atomic E-state index is 12.7. The Balaban J connectivity index is 1.62. The highest BCUT2D eigenvalue weighted by Gasteiger charge is 2.27. The largest absolute Gasteiger partial charge is 0.326 e. The average molecular weight is 411 g/mol. The van der Waals surface area contributed by atoms with Gasteiger partial charge < -0.3 is 5.32 Å². The van der Waals surface area contributed by atoms with Gasteiger partial charge in [-0.15, -0.1) is 23.1 Å². The number of nitrogens with zero attached hydrogens (tertiary/aromatic N) is 1. The number of nitrogens with one attached hydrogen (secondary N) is 1. The summed E-state index contributed by atoms with van der Waals surface area (Å²) in [5.74, 6) is -0.148. The molecule has 2 aromatic rings. The van der Waals surface area contributed by atoms with Crippen LogP contribution in [0.2, 0.25) is 0 Å². The van der Waals surface area contributed by atoms with E-state index in [-0.39, 0.29) is 12.3 Å². The molecule has 2 heterocycles. The Kier molecular flexibility index (Phi) is 6.39. The van der Waals surface area contributed by atoms with Gasteiger partial charge >= 0.3 is 0 Å². The van der Waals surface area contributed by atoms with Crippen LogP contribution in [0.15, 0.2) is 45.5 Å². The van der Waals surface area contributed by atoms with E-state index in [0.29, 0.717) is 17.3 Å². The minimum Gasteiger partial charge on any atom is -0.326 e. The molecule has 1 amide bonds. The number of benzene rings is 1. The van der Waals surface area contributed by atoms with E-state index in [1.165, 1.54) is 11.3 Å². The van der Waals surface area contributed by atoms with Crippen molar-refractivity contribution in [2.24, 2.45) is 0 Å². The summed E-state index contributed by atoms with van der Waals surface area (Å²) in [5.41, 5.74) is 0.741. The summed E-state index contributed by atoms with van der Waals surface area (Å²) in [7, 11) is -3.43. The molecule has 0 radical (unpaired) electrons. The first kappa shape index (κ1) is 19.4. The lowest BCUT2D eigenvalue weighted by molar-refractivity contribution is -0.115. The number of thiophene rings is 1. The number of carbonyl (C=O) groups excluding carboxylic acids is 1. The average Bonchev–Trinajstić information content (AvgIpc) is 3.12. The molecule has 0 atom stereocenters. The number of thioether (sulfide) groups is 1. The Bertz CT molecular complexity index is 854. The lowest BCUT2D eigenvalue weighted by atomic mass is 10.2. The molecule has 1 aliphatic rings. The van der Waals surface area contributed by atoms with E-state index in [1.807, 2.05) is 30.5 Å². The van der Waals surface area contributed by atoms with Crippen molar-refractivity contribution in [3.63, 3.8) is 0 Å². The van der Waals surface area contributed by atoms with Crippen molar-refractivity contribution < 1.29 is 13.2 Å². The molecule has 1 aromatic carbocycles. The van der Waals surface area contributed by atoms with Crippen molar-refractivity contribution in [3.8, 4) is 0 Å². The zero-order valence-corrected chi connectivity index (χ0v) is 17.1. The van der Waals surface area contributed by atoms with Gasteiger partial charge in [0, 0.05) is 28.5 Å². The minimum atomic E-state index is -3.43. The quantitative estimate of drug-likeness (QED) is 0.735. The van der Waals surface area contributed by atoms with Gasteiger partial charge in [0.15, 0.2) is 0 Å². The molecule has 140 valence electrons. The summed E-state index contributed by atoms with van der Waals surface area (Å²) in [4.78, 5) is 14.1. The maximum absolute atomic E-state index is 12.7. The fraction of sp³-hybridized carbons (Fsp3) is 0.389. The van der Waals surface area contributed by atoms with Gasteiger partial charge in [-0.25, -0.2) is 8.42 Å². The lowest BCUT2D eigenvalue weighted by Gasteiger charge is -2.25. The van der Waals surface area contributed by atoms with Crippen LogP contribution in [0.3, 0.4) is 0 Å². The second-order valence-corrected chi connectivity index (χ2v) is 10.4. The van der Waals surface area contributed by atoms with E-state index in [2.05, 4.69) is 5.32 Å². The first-order chi connectivity index (χ1) is 12.5. The van der Waals surface area contributed by atoms with Crippen LogP contribution in [-0.2, 0) is 21.2 Å². The van der Waals surface area contributed by atoms with Gasteiger partial charge in [0.25, 0.3) is 10.0 Å². The molecule has 1 fully saturated rings. The third-order valence-corrected chi connectivity index (χ3v) is 8.45. The number of sulfonamides is 1. The van der Waals surface area contributed by atoms with Crippen LogP contribution in [0, 0.1) is 0 Å². The third kappa shape index (κ3) is 4.68. The van der Waals surface area contributed by atoms with Gasteiger partial charge in [0.2, 0.25) is 5.91 Å². The van der Waals surface area contributed by atoms with Crippen LogP contribution in [0.25, 0.3) is 0 Å². The first-order valence-corrected chi connectivity index (χ1v) is 12.0. The molecule has 0 bridgehead atoms. The van der Waals surface area contributed by atoms with Gasteiger partial charge in [0.05, 0.1) is 6.42 Å². The highest BCUT2D eigenvalue weighted by Crippen LogP contribution is 2.27. The normalized spacial score (nSPS) is 15.7. The highest BCUT2D eigenvalue weighted by atomic mass is 32.2. The monoisotopic (exact) mass is 410 g/mol. The van der Waals surface area contributed by atoms with Gasteiger partial charge in [-0.05, 0) is 55.5 Å². The third-order valence-electron chi connectivity index (χ3n) is 4.25. The van der Waals surface area contributed by atoms with E-state index < -0.39 is 10.0 Å². The number of hydrogen-bond donors (Lipinski definition) is 1. The van der Waals surface area contributed by atoms with Crippen LogP contribution in [0.4, 0.5) is 5.69 Å². The molecule has 0 unspecified atom stereocenters. The van der Waals surface area contributed by atoms with E-state index >= 15 is 0 Å². The fourth-order valence-electron chi connectivity index (χ4n) is 2.86. The number of anilines is 1. The number of piperidine rings is 1. The van der Waals surface area contributed by atoms with Crippen LogP contribution in [0.5, 0.6) is 0 Å². The van der Waals surface area contributed by atoms with Gasteiger partial charge in [-0.3, -0.25) is 4.79 Å². The molecule has 5 nitrogen and oxygen atoms in total. The summed E-state index contributed by atoms with van der Waals surface area (Å²) in [6, 6.07) is 11.0. The van der Waals surface area contributed by atoms with Crippen LogP contribution >= 0.6 is 23.1 Å². The van der Waals surface area contributed by atoms with Gasteiger partial charge in [-0.1, -0.05) is 6.42 Å². The van der Waals surface area contributed by atoms with Crippen molar-refractivity contribution in [1.82, 2.24) is 4.31 Å². The molecule has 1 aliphatic heterocycles. The smallest absolute Gasteiger partial charge is 0.252 e. The maximum Gasteiger partial charge on any atom is 0.252 e. The summed E-state index contributed by atoms with van der Waals surface area (Å²) < 4.78 is 27.2. The summed E-state index contributed by atoms with van der Waals surface area (Å²) in [5, 5.41) is 2.85. The van der Waals surface area contributed by atoms with Crippen molar-refractivity contribution >= 4 is 44.7 Å². The first-order valence-electron chi connectivity index (χ1n) is 8.52. The van der Waals surface area contributed by atoms with Crippen LogP contribution in [-0.4, -0.2) is 38.0 Å². The number of amides is 1. The molecule has 0 saturated carbocycles. The standard InChI is InChI=1S/C18H22N2O3S3/c1-24-15-7-5-14(6-8-15)19-17(21)13-16-9-10-18(25-16)26(22,23)20-11-3-2-4-12-20/h5-10H,2-4,11-13H2,1H3,(H,19,21). The van der Waals surface area contributed by atoms with Crippen molar-refractivity contribution in [1.29, 1.82) is 0 Å². The Morgan fingerprint density at radius 3 is 2.46 bits per heavy atom. The fourth-order valence-corrected chi connectivity index (χ4v) is 6.30. The lowest BCUT2D eigenvalue weighted by Crippen LogP contribution is -2.35. The number of carbonyl (C=O) groups is 1. The van der Waals surface area contributed by atoms with E-state index in [0.717, 1.165) is 34.7 Å². The Hall–Kier alpha value is -1.35. The van der Waals surface area contributed by atoms with Gasteiger partial charge in [-0.2, -0.15) is 4.31 Å². The molecule has 1 N–H and O–H groups in total. The predicted octanol–water partition coefficient (Wildman–Crippen LogP) is 3.83. The van der Waals surface area contributed by atoms with E-state index in [4.69, 9.17) is 0 Å². The molecule has 1 aromatic heterocycles. The van der Waals surface area contributed by atoms with Crippen molar-refractivity contribution in [3.05, 3.63) is 41.3 Å². The van der Waals surface area contributed by atoms with Gasteiger partial charge in [0.1, 0.15) is 4.21 Å². The molecular weight excluding hydrogens is 388 g/mol. The zero-order chi connectivity index (χ0) is 18.6. The molecule has 26 heavy (non-hydrogen) atoms. The molecule has 3 rings (SSSR count). The van der Waals surface area contributed by atoms with E-state index in [1.54, 1.807) is 28.2 Å². The minimum absolute atomic E-state index is 0.148. The predicted molar refractivity (Wildman–Crippen MR) is 107 cm³/mol. The number of rotatable bonds is 6. The van der Waals surface area contributed by atoms with Crippen LogP contribution in [0.1, 0.15) is 24.1 Å². The summed E-state index contributed by atoms with van der Waals surface area (Å²) in [6.45, 7) is 1.17. The summed E-state index contributed by atoms with van der Waals surface area (Å²) in [6.07, 6.45) is 5.08. The summed E-state index contributed by atoms with van der Waals surface area (Å²) >= 11 is 2.83. The molecular formula is C18H22N2O3S3. The highest BCUT2D eigenvalue weighted by molar-refractivity contribution is 7.98. The molecule has 1 saturated heterocycles. The van der Waals surface area contributed by atoms with E-state index in [9.17, 15) is 13.2 Å². The molecule has 8 heteroatoms.